The van der Waals surface area contributed by atoms with Gasteiger partial charge in [-0.15, -0.1) is 0 Å². The van der Waals surface area contributed by atoms with Crippen LogP contribution in [0.1, 0.15) is 5.69 Å². The molecular weight excluding hydrogens is 314 g/mol. The fourth-order valence-electron chi connectivity index (χ4n) is 2.55. The molecule has 0 saturated carbocycles. The number of benzene rings is 1. The van der Waals surface area contributed by atoms with Crippen LogP contribution in [0.5, 0.6) is 0 Å². The van der Waals surface area contributed by atoms with Crippen molar-refractivity contribution in [1.29, 1.82) is 0 Å². The van der Waals surface area contributed by atoms with Crippen molar-refractivity contribution < 1.29 is 9.85 Å². The van der Waals surface area contributed by atoms with E-state index >= 15 is 0 Å². The first-order valence-electron chi connectivity index (χ1n) is 7.11. The van der Waals surface area contributed by atoms with E-state index in [1.807, 2.05) is 0 Å². The molecule has 9 nitrogen and oxygen atoms in total. The van der Waals surface area contributed by atoms with Gasteiger partial charge < -0.3 is 5.73 Å². The molecule has 0 unspecified atom stereocenters. The molecule has 1 aromatic carbocycles. The molecule has 0 aliphatic heterocycles. The molecule has 2 aromatic heterocycles. The second kappa shape index (κ2) is 6.05. The van der Waals surface area contributed by atoms with E-state index in [0.29, 0.717) is 35.6 Å². The van der Waals surface area contributed by atoms with Crippen molar-refractivity contribution in [3.8, 4) is 11.3 Å². The van der Waals surface area contributed by atoms with Gasteiger partial charge in [0, 0.05) is 30.2 Å². The first-order chi connectivity index (χ1) is 11.5. The molecule has 0 saturated heterocycles. The fraction of sp³-hybridized carbons (Fsp3) is 0.133. The number of non-ortho nitro benzene ring substituents is 1. The second-order valence-corrected chi connectivity index (χ2v) is 5.12. The standard InChI is InChI=1S/C15H13N5O4/c16-8-7-13-15(10-1-3-11(4-2-10)19(21)22)18-9-12(20(23)24)5-6-14(18)17-13/h1-6,9H,7-8,16H2. The Labute approximate surface area is 135 Å². The lowest BCUT2D eigenvalue weighted by Crippen LogP contribution is -2.04. The molecule has 2 heterocycles. The van der Waals surface area contributed by atoms with E-state index in [-0.39, 0.29) is 11.4 Å². The maximum absolute atomic E-state index is 11.0. The number of pyridine rings is 1. The quantitative estimate of drug-likeness (QED) is 0.565. The van der Waals surface area contributed by atoms with Crippen molar-refractivity contribution in [1.82, 2.24) is 9.38 Å². The van der Waals surface area contributed by atoms with Crippen molar-refractivity contribution in [2.24, 2.45) is 5.73 Å². The van der Waals surface area contributed by atoms with E-state index in [9.17, 15) is 20.2 Å². The number of nitro groups is 2. The predicted molar refractivity (Wildman–Crippen MR) is 86.7 cm³/mol. The van der Waals surface area contributed by atoms with Crippen LogP contribution in [-0.4, -0.2) is 25.8 Å². The summed E-state index contributed by atoms with van der Waals surface area (Å²) < 4.78 is 1.62. The highest BCUT2D eigenvalue weighted by molar-refractivity contribution is 5.69. The van der Waals surface area contributed by atoms with E-state index in [1.165, 1.54) is 24.4 Å². The molecule has 24 heavy (non-hydrogen) atoms. The van der Waals surface area contributed by atoms with Gasteiger partial charge in [0.1, 0.15) is 5.65 Å². The Kier molecular flexibility index (Phi) is 3.92. The summed E-state index contributed by atoms with van der Waals surface area (Å²) in [5.74, 6) is 0. The van der Waals surface area contributed by atoms with Crippen molar-refractivity contribution in [3.05, 3.63) is 68.5 Å². The number of fused-ring (bicyclic) bond motifs is 1. The molecule has 3 rings (SSSR count). The molecule has 9 heteroatoms. The van der Waals surface area contributed by atoms with E-state index in [1.54, 1.807) is 22.6 Å². The molecule has 0 bridgehead atoms. The van der Waals surface area contributed by atoms with Crippen LogP contribution in [0.4, 0.5) is 11.4 Å². The number of imidazole rings is 1. The third-order valence-electron chi connectivity index (χ3n) is 3.62. The molecule has 0 spiro atoms. The highest BCUT2D eigenvalue weighted by atomic mass is 16.6. The minimum Gasteiger partial charge on any atom is -0.330 e. The number of hydrogen-bond donors (Lipinski definition) is 1. The zero-order valence-corrected chi connectivity index (χ0v) is 12.5. The normalized spacial score (nSPS) is 10.9. The van der Waals surface area contributed by atoms with Crippen LogP contribution >= 0.6 is 0 Å². The molecule has 0 amide bonds. The topological polar surface area (TPSA) is 130 Å². The first-order valence-corrected chi connectivity index (χ1v) is 7.11. The van der Waals surface area contributed by atoms with E-state index in [4.69, 9.17) is 5.73 Å². The fourth-order valence-corrected chi connectivity index (χ4v) is 2.55. The summed E-state index contributed by atoms with van der Waals surface area (Å²) in [6, 6.07) is 8.92. The number of hydrogen-bond acceptors (Lipinski definition) is 6. The molecule has 0 fully saturated rings. The third kappa shape index (κ3) is 2.68. The van der Waals surface area contributed by atoms with Gasteiger partial charge in [-0.2, -0.15) is 0 Å². The number of aromatic nitrogens is 2. The first kappa shape index (κ1) is 15.6. The monoisotopic (exact) mass is 327 g/mol. The maximum atomic E-state index is 11.0. The van der Waals surface area contributed by atoms with Crippen molar-refractivity contribution in [2.45, 2.75) is 6.42 Å². The van der Waals surface area contributed by atoms with Gasteiger partial charge in [0.25, 0.3) is 11.4 Å². The molecular formula is C15H13N5O4. The summed E-state index contributed by atoms with van der Waals surface area (Å²) in [4.78, 5) is 25.3. The van der Waals surface area contributed by atoms with Gasteiger partial charge in [-0.05, 0) is 24.7 Å². The average Bonchev–Trinajstić information content (AvgIpc) is 2.92. The number of nitrogens with zero attached hydrogens (tertiary/aromatic N) is 4. The van der Waals surface area contributed by atoms with Crippen LogP contribution in [0.3, 0.4) is 0 Å². The van der Waals surface area contributed by atoms with E-state index in [0.717, 1.165) is 0 Å². The van der Waals surface area contributed by atoms with Gasteiger partial charge in [-0.1, -0.05) is 0 Å². The second-order valence-electron chi connectivity index (χ2n) is 5.12. The Morgan fingerprint density at radius 1 is 1.00 bits per heavy atom. The lowest BCUT2D eigenvalue weighted by Gasteiger charge is -2.05. The van der Waals surface area contributed by atoms with Crippen LogP contribution in [0.15, 0.2) is 42.6 Å². The van der Waals surface area contributed by atoms with E-state index in [2.05, 4.69) is 4.98 Å². The number of rotatable bonds is 5. The SMILES string of the molecule is NCCc1nc2ccc([N+](=O)[O-])cn2c1-c1ccc([N+](=O)[O-])cc1. The molecule has 0 aliphatic rings. The van der Waals surface area contributed by atoms with Crippen LogP contribution in [0, 0.1) is 20.2 Å². The zero-order valence-electron chi connectivity index (χ0n) is 12.5. The maximum Gasteiger partial charge on any atom is 0.286 e. The minimum atomic E-state index is -0.484. The minimum absolute atomic E-state index is 0.0288. The summed E-state index contributed by atoms with van der Waals surface area (Å²) in [6.07, 6.45) is 1.88. The van der Waals surface area contributed by atoms with Gasteiger partial charge in [0.2, 0.25) is 0 Å². The third-order valence-corrected chi connectivity index (χ3v) is 3.62. The van der Waals surface area contributed by atoms with Crippen LogP contribution in [0.25, 0.3) is 16.9 Å². The van der Waals surface area contributed by atoms with Gasteiger partial charge in [-0.25, -0.2) is 4.98 Å². The van der Waals surface area contributed by atoms with Crippen molar-refractivity contribution in [2.75, 3.05) is 6.54 Å². The van der Waals surface area contributed by atoms with Crippen LogP contribution in [0.2, 0.25) is 0 Å². The van der Waals surface area contributed by atoms with Gasteiger partial charge in [0.15, 0.2) is 0 Å². The van der Waals surface area contributed by atoms with Crippen LogP contribution in [-0.2, 0) is 6.42 Å². The van der Waals surface area contributed by atoms with Gasteiger partial charge in [0.05, 0.1) is 27.4 Å². The van der Waals surface area contributed by atoms with E-state index < -0.39 is 9.85 Å². The molecule has 0 aliphatic carbocycles. The summed E-state index contributed by atoms with van der Waals surface area (Å²) in [6.45, 7) is 0.367. The highest BCUT2D eigenvalue weighted by Crippen LogP contribution is 2.28. The number of nitro benzene ring substituents is 1. The summed E-state index contributed by atoms with van der Waals surface area (Å²) >= 11 is 0. The largest absolute Gasteiger partial charge is 0.330 e. The van der Waals surface area contributed by atoms with Crippen LogP contribution < -0.4 is 5.73 Å². The highest BCUT2D eigenvalue weighted by Gasteiger charge is 2.17. The van der Waals surface area contributed by atoms with Gasteiger partial charge in [-0.3, -0.25) is 24.6 Å². The molecule has 0 atom stereocenters. The Balaban J connectivity index is 2.22. The van der Waals surface area contributed by atoms with Crippen molar-refractivity contribution >= 4 is 17.0 Å². The lowest BCUT2D eigenvalue weighted by atomic mass is 10.1. The summed E-state index contributed by atoms with van der Waals surface area (Å²) in [5, 5.41) is 21.8. The Bertz CT molecular complexity index is 933. The Hall–Kier alpha value is -3.33. The summed E-state index contributed by atoms with van der Waals surface area (Å²) in [7, 11) is 0. The Morgan fingerprint density at radius 2 is 1.62 bits per heavy atom. The number of nitrogens with two attached hydrogens (primary N) is 1. The summed E-state index contributed by atoms with van der Waals surface area (Å²) in [5.41, 5.74) is 8.09. The zero-order chi connectivity index (χ0) is 17.3. The molecule has 2 N–H and O–H groups in total. The molecule has 3 aromatic rings. The smallest absolute Gasteiger partial charge is 0.286 e. The predicted octanol–water partition coefficient (Wildman–Crippen LogP) is 2.32. The Morgan fingerprint density at radius 3 is 2.21 bits per heavy atom. The van der Waals surface area contributed by atoms with Gasteiger partial charge >= 0.3 is 0 Å². The molecule has 0 radical (unpaired) electrons. The lowest BCUT2D eigenvalue weighted by molar-refractivity contribution is -0.385. The molecule has 122 valence electrons. The van der Waals surface area contributed by atoms with Crippen molar-refractivity contribution in [3.63, 3.8) is 0 Å². The average molecular weight is 327 g/mol.